The molecule has 0 saturated heterocycles. The minimum absolute atomic E-state index is 0.216. The quantitative estimate of drug-likeness (QED) is 0.873. The summed E-state index contributed by atoms with van der Waals surface area (Å²) in [6.07, 6.45) is 0.932. The molecule has 0 fully saturated rings. The van der Waals surface area contributed by atoms with Gasteiger partial charge in [-0.1, -0.05) is 15.9 Å². The lowest BCUT2D eigenvalue weighted by molar-refractivity contribution is 0.630. The maximum Gasteiger partial charge on any atom is 0.133 e. The number of rotatable bonds is 1. The van der Waals surface area contributed by atoms with Gasteiger partial charge >= 0.3 is 0 Å². The third-order valence-corrected chi connectivity index (χ3v) is 4.39. The Balaban J connectivity index is 2.08. The summed E-state index contributed by atoms with van der Waals surface area (Å²) in [4.78, 5) is 5.77. The molecule has 0 bridgehead atoms. The molecule has 2 heterocycles. The average molecular weight is 313 g/mol. The predicted molar refractivity (Wildman–Crippen MR) is 70.6 cm³/mol. The van der Waals surface area contributed by atoms with Crippen LogP contribution in [0.4, 0.5) is 4.39 Å². The van der Waals surface area contributed by atoms with E-state index in [1.165, 1.54) is 10.9 Å². The van der Waals surface area contributed by atoms with Gasteiger partial charge in [0.05, 0.1) is 5.69 Å². The fourth-order valence-corrected chi connectivity index (χ4v) is 3.36. The largest absolute Gasteiger partial charge is 0.311 e. The Hall–Kier alpha value is -0.780. The van der Waals surface area contributed by atoms with E-state index >= 15 is 0 Å². The smallest absolute Gasteiger partial charge is 0.133 e. The molecule has 0 atom stereocenters. The molecule has 1 aliphatic heterocycles. The lowest BCUT2D eigenvalue weighted by Crippen LogP contribution is -2.22. The van der Waals surface area contributed by atoms with Crippen molar-refractivity contribution in [1.82, 2.24) is 10.3 Å². The Kier molecular flexibility index (Phi) is 2.98. The zero-order valence-electron chi connectivity index (χ0n) is 8.96. The van der Waals surface area contributed by atoms with E-state index in [4.69, 9.17) is 0 Å². The maximum atomic E-state index is 13.8. The molecule has 88 valence electrons. The second-order valence-corrected chi connectivity index (χ2v) is 5.94. The van der Waals surface area contributed by atoms with Crippen LogP contribution >= 0.6 is 27.3 Å². The SMILES string of the molecule is Fc1ccc(Br)cc1-c1nc2c(s1)CNCC2. The highest BCUT2D eigenvalue weighted by Gasteiger charge is 2.17. The molecule has 0 unspecified atom stereocenters. The Labute approximate surface area is 111 Å². The van der Waals surface area contributed by atoms with Gasteiger partial charge in [-0.15, -0.1) is 11.3 Å². The molecule has 0 saturated carbocycles. The minimum atomic E-state index is -0.216. The standard InChI is InChI=1S/C12H10BrFN2S/c13-7-1-2-9(14)8(5-7)12-16-10-3-4-15-6-11(10)17-12/h1-2,5,15H,3-4,6H2. The molecule has 3 rings (SSSR count). The Morgan fingerprint density at radius 1 is 1.41 bits per heavy atom. The van der Waals surface area contributed by atoms with Gasteiger partial charge in [0, 0.05) is 34.4 Å². The van der Waals surface area contributed by atoms with Gasteiger partial charge in [-0.3, -0.25) is 0 Å². The molecule has 0 aliphatic carbocycles. The lowest BCUT2D eigenvalue weighted by atomic mass is 10.2. The van der Waals surface area contributed by atoms with E-state index in [1.807, 2.05) is 0 Å². The first kappa shape index (κ1) is 11.3. The highest BCUT2D eigenvalue weighted by Crippen LogP contribution is 2.32. The van der Waals surface area contributed by atoms with Gasteiger partial charge in [-0.05, 0) is 18.2 Å². The first-order valence-electron chi connectivity index (χ1n) is 5.39. The lowest BCUT2D eigenvalue weighted by Gasteiger charge is -2.09. The van der Waals surface area contributed by atoms with Crippen LogP contribution in [-0.2, 0) is 13.0 Å². The van der Waals surface area contributed by atoms with Crippen molar-refractivity contribution >= 4 is 27.3 Å². The van der Waals surface area contributed by atoms with Crippen LogP contribution in [-0.4, -0.2) is 11.5 Å². The molecule has 0 amide bonds. The molecular weight excluding hydrogens is 303 g/mol. The zero-order chi connectivity index (χ0) is 11.8. The molecule has 1 aromatic carbocycles. The second-order valence-electron chi connectivity index (χ2n) is 3.94. The van der Waals surface area contributed by atoms with Crippen LogP contribution in [0.25, 0.3) is 10.6 Å². The van der Waals surface area contributed by atoms with E-state index in [0.29, 0.717) is 5.56 Å². The van der Waals surface area contributed by atoms with Gasteiger partial charge in [0.2, 0.25) is 0 Å². The first-order chi connectivity index (χ1) is 8.24. The molecule has 1 N–H and O–H groups in total. The maximum absolute atomic E-state index is 13.8. The topological polar surface area (TPSA) is 24.9 Å². The van der Waals surface area contributed by atoms with Crippen molar-refractivity contribution in [2.45, 2.75) is 13.0 Å². The minimum Gasteiger partial charge on any atom is -0.311 e. The number of benzene rings is 1. The molecule has 2 nitrogen and oxygen atoms in total. The van der Waals surface area contributed by atoms with Crippen LogP contribution in [0.2, 0.25) is 0 Å². The summed E-state index contributed by atoms with van der Waals surface area (Å²) in [5.74, 6) is -0.216. The van der Waals surface area contributed by atoms with Gasteiger partial charge in [0.25, 0.3) is 0 Å². The highest BCUT2D eigenvalue weighted by atomic mass is 79.9. The van der Waals surface area contributed by atoms with E-state index < -0.39 is 0 Å². The second kappa shape index (κ2) is 4.48. The van der Waals surface area contributed by atoms with Crippen LogP contribution in [0.15, 0.2) is 22.7 Å². The monoisotopic (exact) mass is 312 g/mol. The van der Waals surface area contributed by atoms with Crippen molar-refractivity contribution in [1.29, 1.82) is 0 Å². The van der Waals surface area contributed by atoms with E-state index in [9.17, 15) is 4.39 Å². The summed E-state index contributed by atoms with van der Waals surface area (Å²) in [6, 6.07) is 4.96. The summed E-state index contributed by atoms with van der Waals surface area (Å²) >= 11 is 4.94. The van der Waals surface area contributed by atoms with Crippen molar-refractivity contribution in [3.63, 3.8) is 0 Å². The number of halogens is 2. The highest BCUT2D eigenvalue weighted by molar-refractivity contribution is 9.10. The number of thiazole rings is 1. The predicted octanol–water partition coefficient (Wildman–Crippen LogP) is 3.36. The molecule has 1 aliphatic rings. The summed E-state index contributed by atoms with van der Waals surface area (Å²) < 4.78 is 14.6. The van der Waals surface area contributed by atoms with Crippen molar-refractivity contribution in [3.8, 4) is 10.6 Å². The fourth-order valence-electron chi connectivity index (χ4n) is 1.90. The van der Waals surface area contributed by atoms with E-state index in [1.54, 1.807) is 23.5 Å². The Morgan fingerprint density at radius 3 is 3.12 bits per heavy atom. The van der Waals surface area contributed by atoms with Crippen molar-refractivity contribution in [2.75, 3.05) is 6.54 Å². The number of fused-ring (bicyclic) bond motifs is 1. The van der Waals surface area contributed by atoms with Gasteiger partial charge in [-0.25, -0.2) is 9.37 Å². The van der Waals surface area contributed by atoms with Crippen LogP contribution in [0.1, 0.15) is 10.6 Å². The fraction of sp³-hybridized carbons (Fsp3) is 0.250. The number of nitrogens with zero attached hydrogens (tertiary/aromatic N) is 1. The normalized spacial score (nSPS) is 14.7. The molecular formula is C12H10BrFN2S. The summed E-state index contributed by atoms with van der Waals surface area (Å²) in [5.41, 5.74) is 1.70. The number of nitrogens with one attached hydrogen (secondary N) is 1. The van der Waals surface area contributed by atoms with Gasteiger partial charge in [0.1, 0.15) is 10.8 Å². The molecule has 5 heteroatoms. The van der Waals surface area contributed by atoms with Gasteiger partial charge in [-0.2, -0.15) is 0 Å². The number of hydrogen-bond acceptors (Lipinski definition) is 3. The molecule has 2 aromatic rings. The molecule has 17 heavy (non-hydrogen) atoms. The van der Waals surface area contributed by atoms with Gasteiger partial charge in [0.15, 0.2) is 0 Å². The average Bonchev–Trinajstić information content (AvgIpc) is 2.75. The molecule has 1 aromatic heterocycles. The van der Waals surface area contributed by atoms with Crippen LogP contribution < -0.4 is 5.32 Å². The first-order valence-corrected chi connectivity index (χ1v) is 7.00. The zero-order valence-corrected chi connectivity index (χ0v) is 11.4. The molecule has 0 spiro atoms. The van der Waals surface area contributed by atoms with E-state index in [0.717, 1.165) is 34.7 Å². The Bertz CT molecular complexity index is 544. The summed E-state index contributed by atoms with van der Waals surface area (Å²) in [7, 11) is 0. The van der Waals surface area contributed by atoms with Gasteiger partial charge < -0.3 is 5.32 Å². The van der Waals surface area contributed by atoms with Crippen molar-refractivity contribution in [3.05, 3.63) is 39.1 Å². The summed E-state index contributed by atoms with van der Waals surface area (Å²) in [6.45, 7) is 1.81. The van der Waals surface area contributed by atoms with Crippen LogP contribution in [0, 0.1) is 5.82 Å². The molecule has 0 radical (unpaired) electrons. The van der Waals surface area contributed by atoms with E-state index in [2.05, 4.69) is 26.2 Å². The van der Waals surface area contributed by atoms with E-state index in [-0.39, 0.29) is 5.82 Å². The summed E-state index contributed by atoms with van der Waals surface area (Å²) in [5, 5.41) is 4.07. The third-order valence-electron chi connectivity index (χ3n) is 2.76. The third kappa shape index (κ3) is 2.14. The van der Waals surface area contributed by atoms with Crippen molar-refractivity contribution < 1.29 is 4.39 Å². The number of hydrogen-bond donors (Lipinski definition) is 1. The van der Waals surface area contributed by atoms with Crippen molar-refractivity contribution in [2.24, 2.45) is 0 Å². The number of aromatic nitrogens is 1. The van der Waals surface area contributed by atoms with Crippen LogP contribution in [0.3, 0.4) is 0 Å². The van der Waals surface area contributed by atoms with Crippen LogP contribution in [0.5, 0.6) is 0 Å². The Morgan fingerprint density at radius 2 is 2.29 bits per heavy atom.